The number of carbonyl (C=O) groups is 2. The summed E-state index contributed by atoms with van der Waals surface area (Å²) in [4.78, 5) is 23.1. The van der Waals surface area contributed by atoms with Crippen molar-refractivity contribution in [2.75, 3.05) is 0 Å². The van der Waals surface area contributed by atoms with Gasteiger partial charge in [-0.05, 0) is 29.8 Å². The van der Waals surface area contributed by atoms with E-state index in [2.05, 4.69) is 0 Å². The van der Waals surface area contributed by atoms with Gasteiger partial charge in [-0.25, -0.2) is 13.2 Å². The van der Waals surface area contributed by atoms with Gasteiger partial charge >= 0.3 is 5.97 Å². The fourth-order valence-electron chi connectivity index (χ4n) is 2.41. The molecule has 0 saturated heterocycles. The van der Waals surface area contributed by atoms with Crippen molar-refractivity contribution in [1.82, 2.24) is 0 Å². The van der Waals surface area contributed by atoms with Crippen molar-refractivity contribution in [3.63, 3.8) is 0 Å². The lowest BCUT2D eigenvalue weighted by Crippen LogP contribution is -2.08. The summed E-state index contributed by atoms with van der Waals surface area (Å²) in [6, 6.07) is 9.82. The summed E-state index contributed by atoms with van der Waals surface area (Å²) >= 11 is 0. The fourth-order valence-corrected chi connectivity index (χ4v) is 4.14. The van der Waals surface area contributed by atoms with Crippen molar-refractivity contribution in [3.05, 3.63) is 59.2 Å². The largest absolute Gasteiger partial charge is 0.478 e. The molecular weight excluding hydrogens is 292 g/mol. The smallest absolute Gasteiger partial charge is 0.335 e. The van der Waals surface area contributed by atoms with Crippen molar-refractivity contribution in [2.45, 2.75) is 16.2 Å². The molecule has 1 heterocycles. The number of carboxylic acid groups (broad SMARTS) is 1. The van der Waals surface area contributed by atoms with Gasteiger partial charge < -0.3 is 5.11 Å². The number of fused-ring (bicyclic) bond motifs is 2. The molecule has 1 N–H and O–H groups in total. The van der Waals surface area contributed by atoms with Crippen LogP contribution < -0.4 is 0 Å². The van der Waals surface area contributed by atoms with Gasteiger partial charge in [-0.15, -0.1) is 0 Å². The summed E-state index contributed by atoms with van der Waals surface area (Å²) in [5, 5.41) is 9.01. The highest BCUT2D eigenvalue weighted by Gasteiger charge is 2.31. The highest BCUT2D eigenvalue weighted by atomic mass is 32.2. The number of Topliss-reactive ketones (excluding diaryl/α,β-unsaturated/α-hetero) is 1. The Morgan fingerprint density at radius 1 is 1.05 bits per heavy atom. The van der Waals surface area contributed by atoms with Gasteiger partial charge in [0.25, 0.3) is 0 Å². The zero-order valence-electron chi connectivity index (χ0n) is 10.7. The molecule has 3 rings (SSSR count). The van der Waals surface area contributed by atoms with E-state index in [1.165, 1.54) is 18.2 Å². The Morgan fingerprint density at radius 2 is 1.76 bits per heavy atom. The second-order valence-electron chi connectivity index (χ2n) is 4.73. The summed E-state index contributed by atoms with van der Waals surface area (Å²) < 4.78 is 25.4. The second-order valence-corrected chi connectivity index (χ2v) is 6.61. The predicted octanol–water partition coefficient (Wildman–Crippen LogP) is 1.96. The molecule has 2 aromatic rings. The Bertz CT molecular complexity index is 881. The van der Waals surface area contributed by atoms with Gasteiger partial charge in [0.1, 0.15) is 0 Å². The molecular formula is C15H10O5S. The van der Waals surface area contributed by atoms with Gasteiger partial charge in [0.15, 0.2) is 5.78 Å². The lowest BCUT2D eigenvalue weighted by Gasteiger charge is -2.07. The van der Waals surface area contributed by atoms with E-state index in [-0.39, 0.29) is 33.1 Å². The van der Waals surface area contributed by atoms with Crippen LogP contribution in [-0.4, -0.2) is 25.3 Å². The molecule has 2 aromatic carbocycles. The Labute approximate surface area is 120 Å². The van der Waals surface area contributed by atoms with Crippen molar-refractivity contribution >= 4 is 21.6 Å². The summed E-state index contributed by atoms with van der Waals surface area (Å²) in [7, 11) is -3.91. The van der Waals surface area contributed by atoms with Gasteiger partial charge in [-0.3, -0.25) is 4.79 Å². The molecule has 0 aliphatic carbocycles. The number of benzene rings is 2. The lowest BCUT2D eigenvalue weighted by molar-refractivity contribution is 0.0696. The molecule has 0 unspecified atom stereocenters. The van der Waals surface area contributed by atoms with Crippen LogP contribution in [0.1, 0.15) is 26.3 Å². The number of hydrogen-bond acceptors (Lipinski definition) is 4. The van der Waals surface area contributed by atoms with Crippen molar-refractivity contribution in [2.24, 2.45) is 0 Å². The van der Waals surface area contributed by atoms with Crippen LogP contribution in [0.15, 0.2) is 52.3 Å². The van der Waals surface area contributed by atoms with Crippen LogP contribution in [0.25, 0.3) is 0 Å². The zero-order chi connectivity index (χ0) is 15.2. The van der Waals surface area contributed by atoms with Crippen LogP contribution in [0, 0.1) is 0 Å². The number of carbonyl (C=O) groups excluding carboxylic acids is 1. The maximum atomic E-state index is 12.7. The summed E-state index contributed by atoms with van der Waals surface area (Å²) in [6.07, 6.45) is -0.0190. The first-order valence-electron chi connectivity index (χ1n) is 6.15. The standard InChI is InChI=1S/C15H10O5S/c16-12-7-9-3-1-2-4-13(9)21(19,20)14-8-10(15(17)18)5-6-11(12)14/h1-6,8H,7H2,(H,17,18). The van der Waals surface area contributed by atoms with E-state index in [4.69, 9.17) is 5.11 Å². The number of carboxylic acids is 1. The van der Waals surface area contributed by atoms with E-state index in [0.29, 0.717) is 5.56 Å². The third-order valence-electron chi connectivity index (χ3n) is 3.43. The van der Waals surface area contributed by atoms with Crippen LogP contribution >= 0.6 is 0 Å². The summed E-state index contributed by atoms with van der Waals surface area (Å²) in [5.41, 5.74) is 0.302. The number of aromatic carboxylic acids is 1. The highest BCUT2D eigenvalue weighted by molar-refractivity contribution is 7.91. The number of ketones is 1. The molecule has 0 radical (unpaired) electrons. The average molecular weight is 302 g/mol. The molecule has 0 amide bonds. The quantitative estimate of drug-likeness (QED) is 0.870. The lowest BCUT2D eigenvalue weighted by atomic mass is 10.0. The summed E-state index contributed by atoms with van der Waals surface area (Å²) in [5.74, 6) is -1.58. The SMILES string of the molecule is O=C(O)c1ccc2c(c1)S(=O)(=O)c1ccccc1CC2=O. The minimum absolute atomic E-state index is 0.0190. The van der Waals surface area contributed by atoms with Gasteiger partial charge in [0, 0.05) is 12.0 Å². The number of hydrogen-bond donors (Lipinski definition) is 1. The normalized spacial score (nSPS) is 15.7. The Balaban J connectivity index is 2.38. The summed E-state index contributed by atoms with van der Waals surface area (Å²) in [6.45, 7) is 0. The monoisotopic (exact) mass is 302 g/mol. The average Bonchev–Trinajstić information content (AvgIpc) is 2.54. The van der Waals surface area contributed by atoms with Gasteiger partial charge in [-0.1, -0.05) is 18.2 Å². The Hall–Kier alpha value is -2.47. The van der Waals surface area contributed by atoms with Crippen LogP contribution in [0.4, 0.5) is 0 Å². The Kier molecular flexibility index (Phi) is 2.91. The van der Waals surface area contributed by atoms with Crippen molar-refractivity contribution < 1.29 is 23.1 Å². The predicted molar refractivity (Wildman–Crippen MR) is 73.3 cm³/mol. The first kappa shape index (κ1) is 13.5. The molecule has 1 aliphatic heterocycles. The zero-order valence-corrected chi connectivity index (χ0v) is 11.6. The molecule has 5 nitrogen and oxygen atoms in total. The molecule has 0 bridgehead atoms. The topological polar surface area (TPSA) is 88.5 Å². The molecule has 6 heteroatoms. The van der Waals surface area contributed by atoms with Crippen LogP contribution in [0.2, 0.25) is 0 Å². The van der Waals surface area contributed by atoms with Crippen molar-refractivity contribution in [1.29, 1.82) is 0 Å². The maximum absolute atomic E-state index is 12.7. The fraction of sp³-hybridized carbons (Fsp3) is 0.0667. The molecule has 1 aliphatic rings. The molecule has 0 aromatic heterocycles. The first-order chi connectivity index (χ1) is 9.91. The van der Waals surface area contributed by atoms with E-state index >= 15 is 0 Å². The van der Waals surface area contributed by atoms with E-state index in [9.17, 15) is 18.0 Å². The molecule has 0 atom stereocenters. The highest BCUT2D eigenvalue weighted by Crippen LogP contribution is 2.32. The second kappa shape index (κ2) is 4.53. The number of rotatable bonds is 1. The van der Waals surface area contributed by atoms with Crippen LogP contribution in [0.5, 0.6) is 0 Å². The Morgan fingerprint density at radius 3 is 2.48 bits per heavy atom. The van der Waals surface area contributed by atoms with Gasteiger partial charge in [0.05, 0.1) is 15.4 Å². The van der Waals surface area contributed by atoms with Gasteiger partial charge in [0.2, 0.25) is 9.84 Å². The van der Waals surface area contributed by atoms with E-state index in [1.54, 1.807) is 18.2 Å². The van der Waals surface area contributed by atoms with E-state index in [1.807, 2.05) is 0 Å². The molecule has 106 valence electrons. The van der Waals surface area contributed by atoms with E-state index < -0.39 is 15.8 Å². The molecule has 0 saturated carbocycles. The van der Waals surface area contributed by atoms with Gasteiger partial charge in [-0.2, -0.15) is 0 Å². The van der Waals surface area contributed by atoms with E-state index in [0.717, 1.165) is 6.07 Å². The third-order valence-corrected chi connectivity index (χ3v) is 5.33. The maximum Gasteiger partial charge on any atom is 0.335 e. The number of sulfone groups is 1. The molecule has 21 heavy (non-hydrogen) atoms. The van der Waals surface area contributed by atoms with Crippen LogP contribution in [0.3, 0.4) is 0 Å². The van der Waals surface area contributed by atoms with Crippen LogP contribution in [-0.2, 0) is 16.3 Å². The third kappa shape index (κ3) is 2.04. The first-order valence-corrected chi connectivity index (χ1v) is 7.63. The van der Waals surface area contributed by atoms with Crippen molar-refractivity contribution in [3.8, 4) is 0 Å². The molecule has 0 spiro atoms. The minimum atomic E-state index is -3.91. The minimum Gasteiger partial charge on any atom is -0.478 e. The molecule has 0 fully saturated rings.